The van der Waals surface area contributed by atoms with Crippen LogP contribution in [0.5, 0.6) is 0 Å². The van der Waals surface area contributed by atoms with Crippen LogP contribution in [0.25, 0.3) is 11.1 Å². The molecule has 254 valence electrons. The summed E-state index contributed by atoms with van der Waals surface area (Å²) in [6.45, 7) is 0.406. The summed E-state index contributed by atoms with van der Waals surface area (Å²) >= 11 is 0. The fourth-order valence-electron chi connectivity index (χ4n) is 5.81. The van der Waals surface area contributed by atoms with Crippen LogP contribution in [0.15, 0.2) is 97.1 Å². The quantitative estimate of drug-likeness (QED) is 0.0295. The summed E-state index contributed by atoms with van der Waals surface area (Å²) in [6, 6.07) is 28.5. The van der Waals surface area contributed by atoms with Crippen molar-refractivity contribution in [3.63, 3.8) is 0 Å². The zero-order valence-electron chi connectivity index (χ0n) is 27.0. The first-order valence-corrected chi connectivity index (χ1v) is 16.1. The Hall–Kier alpha value is -5.75. The van der Waals surface area contributed by atoms with Crippen LogP contribution < -0.4 is 21.3 Å². The average molecular weight is 666 g/mol. The average Bonchev–Trinajstić information content (AvgIpc) is 3.44. The molecule has 0 unspecified atom stereocenters. The highest BCUT2D eigenvalue weighted by molar-refractivity contribution is 5.87. The molecule has 0 heterocycles. The summed E-state index contributed by atoms with van der Waals surface area (Å²) in [7, 11) is 0. The molecular formula is C37H39N5O7. The number of hydrogen-bond donors (Lipinski definition) is 3. The molecule has 0 bridgehead atoms. The number of rotatable bonds is 17. The summed E-state index contributed by atoms with van der Waals surface area (Å²) in [5, 5.41) is 16.7. The molecule has 12 nitrogen and oxygen atoms in total. The van der Waals surface area contributed by atoms with Gasteiger partial charge in [0.1, 0.15) is 25.7 Å². The maximum absolute atomic E-state index is 13.4. The Morgan fingerprint density at radius 1 is 0.918 bits per heavy atom. The van der Waals surface area contributed by atoms with Crippen molar-refractivity contribution in [2.24, 2.45) is 0 Å². The molecule has 1 aliphatic rings. The van der Waals surface area contributed by atoms with Gasteiger partial charge >= 0.3 is 6.09 Å². The predicted molar refractivity (Wildman–Crippen MR) is 187 cm³/mol. The number of hydrogen-bond acceptors (Lipinski definition) is 9. The lowest BCUT2D eigenvalue weighted by atomic mass is 9.98. The molecule has 4 aromatic carbocycles. The number of para-hydroxylation sites is 1. The lowest BCUT2D eigenvalue weighted by molar-refractivity contribution is -0.384. The number of nitrogens with zero attached hydrogens (tertiary/aromatic N) is 2. The zero-order valence-corrected chi connectivity index (χ0v) is 27.0. The van der Waals surface area contributed by atoms with E-state index in [2.05, 4.69) is 34.9 Å². The van der Waals surface area contributed by atoms with Gasteiger partial charge in [0.25, 0.3) is 5.69 Å². The van der Waals surface area contributed by atoms with E-state index >= 15 is 0 Å². The van der Waals surface area contributed by atoms with Gasteiger partial charge in [0.05, 0.1) is 22.9 Å². The minimum absolute atomic E-state index is 0.0720. The number of benzene rings is 4. The van der Waals surface area contributed by atoms with Gasteiger partial charge in [0, 0.05) is 36.7 Å². The number of nitro benzene ring substituents is 1. The number of unbranched alkanes of at least 4 members (excludes halogenated alkanes) is 2. The molecule has 0 aromatic heterocycles. The maximum atomic E-state index is 13.4. The van der Waals surface area contributed by atoms with Crippen LogP contribution in [-0.4, -0.2) is 55.7 Å². The van der Waals surface area contributed by atoms with Crippen LogP contribution in [0.1, 0.15) is 42.7 Å². The fraction of sp³-hybridized carbons (Fsp3) is 0.270. The van der Waals surface area contributed by atoms with E-state index in [-0.39, 0.29) is 43.9 Å². The number of amides is 2. The summed E-state index contributed by atoms with van der Waals surface area (Å²) in [4.78, 5) is 49.4. The van der Waals surface area contributed by atoms with E-state index in [1.54, 1.807) is 30.3 Å². The van der Waals surface area contributed by atoms with E-state index in [1.165, 1.54) is 17.0 Å². The standard InChI is InChI=1S/C37H39N5O7/c38-34-21-28(42(46)47)18-19-35(34)39-20-10-2-5-17-36(44)40-26(22-43)23-48-25-41(27-11-3-1-4-12-27)37(45)49-24-33-31-15-8-6-13-29(31)30-14-7-9-16-32(30)33/h1,3-4,6-9,11-16,18-19,21-22,26,33,39H,2,5,10,17,20,23-25,38H2,(H,40,44)/t26-/m1/s1. The molecule has 0 aliphatic heterocycles. The smallest absolute Gasteiger partial charge is 0.416 e. The minimum Gasteiger partial charge on any atom is -0.448 e. The first kappa shape index (κ1) is 34.6. The number of carbonyl (C=O) groups excluding carboxylic acids is 3. The third kappa shape index (κ3) is 8.99. The monoisotopic (exact) mass is 665 g/mol. The molecule has 0 saturated carbocycles. The number of nitrogens with two attached hydrogens (primary N) is 1. The second-order valence-electron chi connectivity index (χ2n) is 11.6. The van der Waals surface area contributed by atoms with E-state index in [1.807, 2.05) is 30.3 Å². The molecule has 0 radical (unpaired) electrons. The van der Waals surface area contributed by atoms with Crippen molar-refractivity contribution in [2.75, 3.05) is 42.4 Å². The Morgan fingerprint density at radius 2 is 1.59 bits per heavy atom. The number of nitrogen functional groups attached to an aromatic ring is 1. The Balaban J connectivity index is 1.06. The normalized spacial score (nSPS) is 12.3. The van der Waals surface area contributed by atoms with Gasteiger partial charge in [-0.05, 0) is 53.3 Å². The van der Waals surface area contributed by atoms with Crippen molar-refractivity contribution in [2.45, 2.75) is 37.6 Å². The number of nitro groups is 1. The molecule has 12 heteroatoms. The van der Waals surface area contributed by atoms with Gasteiger partial charge < -0.3 is 30.6 Å². The first-order valence-electron chi connectivity index (χ1n) is 16.1. The van der Waals surface area contributed by atoms with E-state index < -0.39 is 17.1 Å². The van der Waals surface area contributed by atoms with E-state index in [0.717, 1.165) is 35.1 Å². The lowest BCUT2D eigenvalue weighted by Gasteiger charge is -2.24. The molecule has 0 saturated heterocycles. The second kappa shape index (κ2) is 16.9. The number of ether oxygens (including phenoxy) is 2. The van der Waals surface area contributed by atoms with Crippen molar-refractivity contribution in [3.05, 3.63) is 118 Å². The number of fused-ring (bicyclic) bond motifs is 3. The number of non-ortho nitro benzene ring substituents is 1. The van der Waals surface area contributed by atoms with E-state index in [9.17, 15) is 24.5 Å². The third-order valence-corrected chi connectivity index (χ3v) is 8.29. The molecule has 1 aliphatic carbocycles. The van der Waals surface area contributed by atoms with Crippen LogP contribution in [0.2, 0.25) is 0 Å². The number of anilines is 3. The summed E-state index contributed by atoms with van der Waals surface area (Å²) in [5.74, 6) is -0.389. The van der Waals surface area contributed by atoms with Crippen LogP contribution in [0.4, 0.5) is 27.5 Å². The Bertz CT molecular complexity index is 1720. The Morgan fingerprint density at radius 3 is 2.24 bits per heavy atom. The van der Waals surface area contributed by atoms with Crippen molar-refractivity contribution in [1.29, 1.82) is 0 Å². The predicted octanol–water partition coefficient (Wildman–Crippen LogP) is 6.26. The molecule has 2 amide bonds. The lowest BCUT2D eigenvalue weighted by Crippen LogP contribution is -2.41. The van der Waals surface area contributed by atoms with E-state index in [0.29, 0.717) is 36.3 Å². The number of carbonyl (C=O) groups is 3. The van der Waals surface area contributed by atoms with Crippen molar-refractivity contribution in [1.82, 2.24) is 5.32 Å². The van der Waals surface area contributed by atoms with Gasteiger partial charge in [-0.1, -0.05) is 73.2 Å². The molecule has 4 N–H and O–H groups in total. The highest BCUT2D eigenvalue weighted by Crippen LogP contribution is 2.44. The largest absolute Gasteiger partial charge is 0.448 e. The van der Waals surface area contributed by atoms with Gasteiger partial charge in [-0.3, -0.25) is 19.8 Å². The molecular weight excluding hydrogens is 626 g/mol. The molecule has 5 rings (SSSR count). The van der Waals surface area contributed by atoms with Gasteiger partial charge in [0.2, 0.25) is 5.91 Å². The molecule has 0 fully saturated rings. The van der Waals surface area contributed by atoms with Crippen LogP contribution >= 0.6 is 0 Å². The number of aldehydes is 1. The SMILES string of the molecule is Nc1cc([N+](=O)[O-])ccc1NCCCCCC(=O)N[C@H](C=O)COCN(C(=O)OCC1c2ccccc2-c2ccccc21)c1ccccc1. The molecule has 1 atom stereocenters. The second-order valence-corrected chi connectivity index (χ2v) is 11.6. The summed E-state index contributed by atoms with van der Waals surface area (Å²) in [6.07, 6.45) is 2.32. The fourth-order valence-corrected chi connectivity index (χ4v) is 5.81. The van der Waals surface area contributed by atoms with Gasteiger partial charge in [0.15, 0.2) is 0 Å². The van der Waals surface area contributed by atoms with Gasteiger partial charge in [-0.15, -0.1) is 0 Å². The topological polar surface area (TPSA) is 166 Å². The highest BCUT2D eigenvalue weighted by atomic mass is 16.6. The van der Waals surface area contributed by atoms with Crippen molar-refractivity contribution in [3.8, 4) is 11.1 Å². The first-order chi connectivity index (χ1) is 23.9. The molecule has 49 heavy (non-hydrogen) atoms. The minimum atomic E-state index is -0.889. The maximum Gasteiger partial charge on any atom is 0.416 e. The Labute approximate surface area is 284 Å². The summed E-state index contributed by atoms with van der Waals surface area (Å²) in [5.41, 5.74) is 11.7. The van der Waals surface area contributed by atoms with Crippen LogP contribution in [-0.2, 0) is 19.1 Å². The van der Waals surface area contributed by atoms with Crippen LogP contribution in [0, 0.1) is 10.1 Å². The summed E-state index contributed by atoms with van der Waals surface area (Å²) < 4.78 is 11.6. The van der Waals surface area contributed by atoms with Crippen molar-refractivity contribution >= 4 is 41.0 Å². The highest BCUT2D eigenvalue weighted by Gasteiger charge is 2.30. The third-order valence-electron chi connectivity index (χ3n) is 8.29. The van der Waals surface area contributed by atoms with Gasteiger partial charge in [-0.2, -0.15) is 0 Å². The van der Waals surface area contributed by atoms with Gasteiger partial charge in [-0.25, -0.2) is 4.79 Å². The van der Waals surface area contributed by atoms with Crippen LogP contribution in [0.3, 0.4) is 0 Å². The molecule has 4 aromatic rings. The number of nitrogens with one attached hydrogen (secondary N) is 2. The zero-order chi connectivity index (χ0) is 34.6. The van der Waals surface area contributed by atoms with Crippen molar-refractivity contribution < 1.29 is 28.8 Å². The molecule has 0 spiro atoms. The Kier molecular flexibility index (Phi) is 11.9. The van der Waals surface area contributed by atoms with E-state index in [4.69, 9.17) is 15.2 Å².